The van der Waals surface area contributed by atoms with E-state index in [-0.39, 0.29) is 17.2 Å². The molecule has 3 aliphatic rings. The van der Waals surface area contributed by atoms with Gasteiger partial charge in [-0.1, -0.05) is 13.0 Å². The minimum atomic E-state index is -4.97. The maximum atomic E-state index is 13.1. The molecule has 3 saturated carbocycles. The Labute approximate surface area is 196 Å². The SMILES string of the molecule is C=C(C)C1(Oc2cc(C(=O)OCCS(=O)(=O)O)ccc2OC(F)(F)F)CC2CC1C1CCCC21. The number of ether oxygens (including phenoxy) is 3. The van der Waals surface area contributed by atoms with Gasteiger partial charge in [-0.25, -0.2) is 4.79 Å². The van der Waals surface area contributed by atoms with E-state index in [1.807, 2.05) is 6.92 Å². The van der Waals surface area contributed by atoms with Gasteiger partial charge in [0.05, 0.1) is 5.56 Å². The molecule has 1 N–H and O–H groups in total. The number of hydrogen-bond donors (Lipinski definition) is 1. The van der Waals surface area contributed by atoms with Crippen LogP contribution in [0.4, 0.5) is 13.2 Å². The number of halogens is 3. The zero-order valence-electron chi connectivity index (χ0n) is 18.6. The van der Waals surface area contributed by atoms with Crippen molar-refractivity contribution in [3.05, 3.63) is 35.9 Å². The summed E-state index contributed by atoms with van der Waals surface area (Å²) in [6.45, 7) is 5.30. The van der Waals surface area contributed by atoms with E-state index in [0.717, 1.165) is 43.9 Å². The number of rotatable bonds is 8. The van der Waals surface area contributed by atoms with Crippen LogP contribution in [-0.2, 0) is 14.9 Å². The molecule has 5 unspecified atom stereocenters. The van der Waals surface area contributed by atoms with Crippen molar-refractivity contribution in [3.63, 3.8) is 0 Å². The number of fused-ring (bicyclic) bond motifs is 5. The fourth-order valence-electron chi connectivity index (χ4n) is 6.23. The minimum Gasteiger partial charge on any atom is -0.479 e. The number of hydrogen-bond acceptors (Lipinski definition) is 6. The molecule has 5 atom stereocenters. The monoisotopic (exact) mass is 504 g/mol. The van der Waals surface area contributed by atoms with Crippen LogP contribution in [0.25, 0.3) is 0 Å². The Morgan fingerprint density at radius 1 is 1.24 bits per heavy atom. The molecule has 34 heavy (non-hydrogen) atoms. The third kappa shape index (κ3) is 4.91. The lowest BCUT2D eigenvalue weighted by Crippen LogP contribution is -2.47. The number of esters is 1. The molecule has 2 bridgehead atoms. The molecule has 11 heteroatoms. The van der Waals surface area contributed by atoms with E-state index in [9.17, 15) is 26.4 Å². The summed E-state index contributed by atoms with van der Waals surface area (Å²) in [6, 6.07) is 3.16. The number of alkyl halides is 3. The zero-order chi connectivity index (χ0) is 24.9. The molecule has 0 amide bonds. The van der Waals surface area contributed by atoms with Crippen LogP contribution in [-0.4, -0.2) is 43.3 Å². The van der Waals surface area contributed by atoms with Gasteiger partial charge in [0, 0.05) is 5.92 Å². The average Bonchev–Trinajstić information content (AvgIpc) is 3.39. The fourth-order valence-corrected chi connectivity index (χ4v) is 6.52. The third-order valence-corrected chi connectivity index (χ3v) is 8.14. The van der Waals surface area contributed by atoms with Crippen LogP contribution < -0.4 is 9.47 Å². The van der Waals surface area contributed by atoms with Crippen molar-refractivity contribution in [2.24, 2.45) is 23.7 Å². The summed E-state index contributed by atoms with van der Waals surface area (Å²) in [4.78, 5) is 12.4. The first kappa shape index (κ1) is 24.8. The molecule has 0 spiro atoms. The van der Waals surface area contributed by atoms with E-state index < -0.39 is 46.2 Å². The smallest absolute Gasteiger partial charge is 0.479 e. The fraction of sp³-hybridized carbons (Fsp3) is 0.609. The van der Waals surface area contributed by atoms with E-state index in [4.69, 9.17) is 14.0 Å². The molecule has 188 valence electrons. The van der Waals surface area contributed by atoms with E-state index >= 15 is 0 Å². The number of carbonyl (C=O) groups excluding carboxylic acids is 1. The maximum absolute atomic E-state index is 13.1. The van der Waals surface area contributed by atoms with Crippen molar-refractivity contribution in [2.75, 3.05) is 12.4 Å². The van der Waals surface area contributed by atoms with Crippen LogP contribution in [0, 0.1) is 23.7 Å². The Balaban J connectivity index is 1.63. The predicted molar refractivity (Wildman–Crippen MR) is 115 cm³/mol. The highest BCUT2D eigenvalue weighted by Crippen LogP contribution is 2.65. The molecule has 7 nitrogen and oxygen atoms in total. The number of carbonyl (C=O) groups is 1. The second-order valence-electron chi connectivity index (χ2n) is 9.47. The van der Waals surface area contributed by atoms with E-state index in [2.05, 4.69) is 11.3 Å². The molecule has 1 aromatic carbocycles. The maximum Gasteiger partial charge on any atom is 0.573 e. The molecule has 4 rings (SSSR count). The van der Waals surface area contributed by atoms with Crippen molar-refractivity contribution >= 4 is 16.1 Å². The lowest BCUT2D eigenvalue weighted by molar-refractivity contribution is -0.275. The Kier molecular flexibility index (Phi) is 6.39. The van der Waals surface area contributed by atoms with Crippen LogP contribution in [0.2, 0.25) is 0 Å². The van der Waals surface area contributed by atoms with Crippen LogP contribution in [0.5, 0.6) is 11.5 Å². The molecular weight excluding hydrogens is 477 g/mol. The van der Waals surface area contributed by atoms with Gasteiger partial charge in [-0.15, -0.1) is 13.2 Å². The Hall–Kier alpha value is -2.27. The van der Waals surface area contributed by atoms with Gasteiger partial charge in [-0.3, -0.25) is 4.55 Å². The van der Waals surface area contributed by atoms with E-state index in [0.29, 0.717) is 29.7 Å². The van der Waals surface area contributed by atoms with Crippen LogP contribution in [0.15, 0.2) is 30.4 Å². The quantitative estimate of drug-likeness (QED) is 0.309. The topological polar surface area (TPSA) is 99.1 Å². The first-order chi connectivity index (χ1) is 15.8. The Morgan fingerprint density at radius 3 is 2.59 bits per heavy atom. The molecule has 3 aliphatic carbocycles. The molecule has 0 aliphatic heterocycles. The van der Waals surface area contributed by atoms with E-state index in [1.54, 1.807) is 0 Å². The van der Waals surface area contributed by atoms with Gasteiger partial charge in [0.1, 0.15) is 18.0 Å². The van der Waals surface area contributed by atoms with Crippen molar-refractivity contribution < 1.29 is 45.1 Å². The van der Waals surface area contributed by atoms with Gasteiger partial charge >= 0.3 is 12.3 Å². The summed E-state index contributed by atoms with van der Waals surface area (Å²) in [7, 11) is -4.34. The van der Waals surface area contributed by atoms with Crippen molar-refractivity contribution in [1.82, 2.24) is 0 Å². The summed E-state index contributed by atoms with van der Waals surface area (Å²) >= 11 is 0. The first-order valence-electron chi connectivity index (χ1n) is 11.2. The average molecular weight is 505 g/mol. The summed E-state index contributed by atoms with van der Waals surface area (Å²) in [6.07, 6.45) is -0.0709. The van der Waals surface area contributed by atoms with Gasteiger partial charge in [-0.2, -0.15) is 8.42 Å². The van der Waals surface area contributed by atoms with Gasteiger partial charge in [0.2, 0.25) is 0 Å². The lowest BCUT2D eigenvalue weighted by Gasteiger charge is -2.43. The molecule has 0 saturated heterocycles. The van der Waals surface area contributed by atoms with Crippen LogP contribution in [0.1, 0.15) is 49.4 Å². The molecule has 0 radical (unpaired) electrons. The standard InChI is InChI=1S/C23H27F3O7S/c1-13(2)22(12-15-10-18(22)17-5-3-4-16(15)17)32-20-11-14(6-7-19(20)33-23(24,25)26)21(27)31-8-9-34(28,29)30/h6-7,11,15-18H,1,3-5,8-10,12H2,2H3,(H,28,29,30). The summed E-state index contributed by atoms with van der Waals surface area (Å²) in [5.41, 5.74) is -0.295. The molecule has 0 heterocycles. The second-order valence-corrected chi connectivity index (χ2v) is 11.0. The van der Waals surface area contributed by atoms with E-state index in [1.165, 1.54) is 0 Å². The normalized spacial score (nSPS) is 30.1. The summed E-state index contributed by atoms with van der Waals surface area (Å²) in [5, 5.41) is 0. The molecule has 3 fully saturated rings. The number of benzene rings is 1. The largest absolute Gasteiger partial charge is 0.573 e. The van der Waals surface area contributed by atoms with Crippen LogP contribution >= 0.6 is 0 Å². The Morgan fingerprint density at radius 2 is 1.94 bits per heavy atom. The second kappa shape index (κ2) is 8.75. The Bertz CT molecular complexity index is 1080. The highest BCUT2D eigenvalue weighted by atomic mass is 32.2. The summed E-state index contributed by atoms with van der Waals surface area (Å²) in [5.74, 6) is -1.06. The summed E-state index contributed by atoms with van der Waals surface area (Å²) < 4.78 is 85.0. The minimum absolute atomic E-state index is 0.117. The van der Waals surface area contributed by atoms with Crippen LogP contribution in [0.3, 0.4) is 0 Å². The van der Waals surface area contributed by atoms with Gasteiger partial charge in [0.25, 0.3) is 10.1 Å². The molecular formula is C23H27F3O7S. The predicted octanol–water partition coefficient (Wildman–Crippen LogP) is 4.78. The zero-order valence-corrected chi connectivity index (χ0v) is 19.5. The highest BCUT2D eigenvalue weighted by molar-refractivity contribution is 7.85. The lowest BCUT2D eigenvalue weighted by atomic mass is 9.70. The van der Waals surface area contributed by atoms with Crippen molar-refractivity contribution in [1.29, 1.82) is 0 Å². The van der Waals surface area contributed by atoms with Crippen molar-refractivity contribution in [3.8, 4) is 11.5 Å². The highest BCUT2D eigenvalue weighted by Gasteiger charge is 2.63. The van der Waals surface area contributed by atoms with Gasteiger partial charge in [0.15, 0.2) is 11.5 Å². The molecule has 1 aromatic rings. The first-order valence-corrected chi connectivity index (χ1v) is 12.8. The van der Waals surface area contributed by atoms with Crippen molar-refractivity contribution in [2.45, 2.75) is 51.0 Å². The third-order valence-electron chi connectivity index (χ3n) is 7.46. The van der Waals surface area contributed by atoms with Gasteiger partial charge in [-0.05, 0) is 74.1 Å². The molecule has 0 aromatic heterocycles. The van der Waals surface area contributed by atoms with Gasteiger partial charge < -0.3 is 14.2 Å².